The van der Waals surface area contributed by atoms with Crippen molar-refractivity contribution in [3.05, 3.63) is 11.5 Å². The third-order valence-corrected chi connectivity index (χ3v) is 4.98. The van der Waals surface area contributed by atoms with Gasteiger partial charge in [-0.3, -0.25) is 0 Å². The van der Waals surface area contributed by atoms with Gasteiger partial charge in [0.25, 0.3) is 0 Å². The summed E-state index contributed by atoms with van der Waals surface area (Å²) in [6.45, 7) is 9.80. The molecule has 20 heavy (non-hydrogen) atoms. The van der Waals surface area contributed by atoms with Crippen LogP contribution in [0.5, 0.6) is 0 Å². The molecule has 0 aromatic carbocycles. The molecule has 0 aromatic rings. The Morgan fingerprint density at radius 3 is 2.25 bits per heavy atom. The van der Waals surface area contributed by atoms with Crippen LogP contribution in [0.15, 0.2) is 11.5 Å². The van der Waals surface area contributed by atoms with E-state index in [1.807, 2.05) is 0 Å². The smallest absolute Gasteiger partial charge is 0.400 e. The Morgan fingerprint density at radius 1 is 1.05 bits per heavy atom. The van der Waals surface area contributed by atoms with Crippen LogP contribution in [-0.4, -0.2) is 37.8 Å². The van der Waals surface area contributed by atoms with Gasteiger partial charge in [0.2, 0.25) is 0 Å². The molecule has 0 radical (unpaired) electrons. The molecule has 2 heterocycles. The quantitative estimate of drug-likeness (QED) is 0.729. The Balaban J connectivity index is 1.73. The third kappa shape index (κ3) is 2.57. The first-order chi connectivity index (χ1) is 9.39. The van der Waals surface area contributed by atoms with Crippen molar-refractivity contribution >= 4 is 7.12 Å². The van der Waals surface area contributed by atoms with Crippen LogP contribution >= 0.6 is 0 Å². The third-order valence-electron chi connectivity index (χ3n) is 4.98. The molecule has 3 rings (SSSR count). The minimum atomic E-state index is -0.272. The summed E-state index contributed by atoms with van der Waals surface area (Å²) in [4.78, 5) is 0. The highest BCUT2D eigenvalue weighted by Crippen LogP contribution is 2.41. The van der Waals surface area contributed by atoms with Crippen LogP contribution in [0.3, 0.4) is 0 Å². The fourth-order valence-corrected chi connectivity index (χ4v) is 3.01. The molecule has 5 heteroatoms. The summed E-state index contributed by atoms with van der Waals surface area (Å²) in [7, 11) is -0.218. The lowest BCUT2D eigenvalue weighted by molar-refractivity contribution is -0.0735. The standard InChI is InChI=1S/C15H25BO4/c1-14(2)15(3,4)20-16(19-14)12-7-5-6-11(10-12)13-17-8-9-18-13/h10-11,13H,5-9H2,1-4H3. The SMILES string of the molecule is CC1(C)OB(C2=CC(C3OCCO3)CCC2)OC1(C)C. The second-order valence-electron chi connectivity index (χ2n) is 7.00. The molecule has 0 saturated carbocycles. The monoisotopic (exact) mass is 280 g/mol. The number of ether oxygens (including phenoxy) is 2. The first-order valence-electron chi connectivity index (χ1n) is 7.68. The molecule has 0 amide bonds. The molecule has 1 atom stereocenters. The minimum Gasteiger partial charge on any atom is -0.400 e. The Kier molecular flexibility index (Phi) is 3.74. The second kappa shape index (κ2) is 5.13. The molecular weight excluding hydrogens is 255 g/mol. The largest absolute Gasteiger partial charge is 0.490 e. The van der Waals surface area contributed by atoms with Crippen molar-refractivity contribution in [2.24, 2.45) is 5.92 Å². The van der Waals surface area contributed by atoms with E-state index in [9.17, 15) is 0 Å². The number of allylic oxidation sites excluding steroid dienone is 1. The molecule has 1 aliphatic carbocycles. The fourth-order valence-electron chi connectivity index (χ4n) is 3.01. The van der Waals surface area contributed by atoms with Gasteiger partial charge in [-0.25, -0.2) is 0 Å². The van der Waals surface area contributed by atoms with Crippen molar-refractivity contribution in [3.63, 3.8) is 0 Å². The highest BCUT2D eigenvalue weighted by atomic mass is 16.7. The zero-order chi connectivity index (χ0) is 14.4. The maximum atomic E-state index is 6.14. The predicted octanol–water partition coefficient (Wildman–Crippen LogP) is 2.72. The molecule has 0 aromatic heterocycles. The lowest BCUT2D eigenvalue weighted by Gasteiger charge is -2.32. The summed E-state index contributed by atoms with van der Waals surface area (Å²) < 4.78 is 23.6. The van der Waals surface area contributed by atoms with Gasteiger partial charge in [0.1, 0.15) is 0 Å². The normalized spacial score (nSPS) is 33.5. The molecule has 2 aliphatic heterocycles. The molecule has 0 spiro atoms. The number of hydrogen-bond donors (Lipinski definition) is 0. The number of hydrogen-bond acceptors (Lipinski definition) is 4. The average molecular weight is 280 g/mol. The van der Waals surface area contributed by atoms with Gasteiger partial charge in [-0.15, -0.1) is 0 Å². The van der Waals surface area contributed by atoms with E-state index in [0.717, 1.165) is 19.3 Å². The molecule has 2 fully saturated rings. The van der Waals surface area contributed by atoms with Crippen molar-refractivity contribution in [2.75, 3.05) is 13.2 Å². The van der Waals surface area contributed by atoms with Gasteiger partial charge in [-0.1, -0.05) is 6.08 Å². The van der Waals surface area contributed by atoms with Crippen LogP contribution in [0.25, 0.3) is 0 Å². The first-order valence-corrected chi connectivity index (χ1v) is 7.68. The summed E-state index contributed by atoms with van der Waals surface area (Å²) in [5, 5.41) is 0. The topological polar surface area (TPSA) is 36.9 Å². The van der Waals surface area contributed by atoms with Crippen LogP contribution in [-0.2, 0) is 18.8 Å². The van der Waals surface area contributed by atoms with E-state index < -0.39 is 0 Å². The van der Waals surface area contributed by atoms with E-state index in [-0.39, 0.29) is 24.6 Å². The van der Waals surface area contributed by atoms with Crippen molar-refractivity contribution in [3.8, 4) is 0 Å². The van der Waals surface area contributed by atoms with Gasteiger partial charge < -0.3 is 18.8 Å². The van der Waals surface area contributed by atoms with E-state index in [2.05, 4.69) is 33.8 Å². The lowest BCUT2D eigenvalue weighted by atomic mass is 9.70. The minimum absolute atomic E-state index is 0.0762. The van der Waals surface area contributed by atoms with E-state index in [4.69, 9.17) is 18.8 Å². The van der Waals surface area contributed by atoms with Gasteiger partial charge in [0, 0.05) is 5.92 Å². The maximum Gasteiger partial charge on any atom is 0.490 e. The van der Waals surface area contributed by atoms with Crippen LogP contribution in [0.4, 0.5) is 0 Å². The Morgan fingerprint density at radius 2 is 1.65 bits per heavy atom. The molecule has 4 nitrogen and oxygen atoms in total. The van der Waals surface area contributed by atoms with Crippen molar-refractivity contribution in [1.82, 2.24) is 0 Å². The van der Waals surface area contributed by atoms with Gasteiger partial charge in [0.15, 0.2) is 6.29 Å². The summed E-state index contributed by atoms with van der Waals surface area (Å²) >= 11 is 0. The Bertz CT molecular complexity index is 383. The maximum absolute atomic E-state index is 6.14. The number of rotatable bonds is 2. The van der Waals surface area contributed by atoms with Gasteiger partial charge in [-0.05, 0) is 52.4 Å². The predicted molar refractivity (Wildman–Crippen MR) is 77.2 cm³/mol. The lowest BCUT2D eigenvalue weighted by Crippen LogP contribution is -2.41. The molecule has 0 bridgehead atoms. The summed E-state index contributed by atoms with van der Waals surface area (Å²) in [5.74, 6) is 0.334. The zero-order valence-electron chi connectivity index (χ0n) is 13.0. The molecular formula is C15H25BO4. The summed E-state index contributed by atoms with van der Waals surface area (Å²) in [6, 6.07) is 0. The van der Waals surface area contributed by atoms with Crippen LogP contribution in [0.2, 0.25) is 0 Å². The molecule has 2 saturated heterocycles. The summed E-state index contributed by atoms with van der Waals surface area (Å²) in [5.41, 5.74) is 0.705. The average Bonchev–Trinajstić information content (AvgIpc) is 2.97. The van der Waals surface area contributed by atoms with Crippen molar-refractivity contribution < 1.29 is 18.8 Å². The van der Waals surface area contributed by atoms with E-state index >= 15 is 0 Å². The molecule has 3 aliphatic rings. The zero-order valence-corrected chi connectivity index (χ0v) is 13.0. The fraction of sp³-hybridized carbons (Fsp3) is 0.867. The van der Waals surface area contributed by atoms with Gasteiger partial charge in [-0.2, -0.15) is 0 Å². The molecule has 1 unspecified atom stereocenters. The highest BCUT2D eigenvalue weighted by Gasteiger charge is 2.52. The molecule has 112 valence electrons. The van der Waals surface area contributed by atoms with Crippen LogP contribution < -0.4 is 0 Å². The second-order valence-corrected chi connectivity index (χ2v) is 7.00. The van der Waals surface area contributed by atoms with Crippen molar-refractivity contribution in [1.29, 1.82) is 0 Å². The highest BCUT2D eigenvalue weighted by molar-refractivity contribution is 6.54. The Hall–Kier alpha value is -0.355. The summed E-state index contributed by atoms with van der Waals surface area (Å²) in [6.07, 6.45) is 5.49. The van der Waals surface area contributed by atoms with Crippen LogP contribution in [0.1, 0.15) is 47.0 Å². The van der Waals surface area contributed by atoms with Crippen LogP contribution in [0, 0.1) is 5.92 Å². The molecule has 0 N–H and O–H groups in total. The van der Waals surface area contributed by atoms with E-state index in [0.29, 0.717) is 19.1 Å². The van der Waals surface area contributed by atoms with E-state index in [1.54, 1.807) is 0 Å². The van der Waals surface area contributed by atoms with Gasteiger partial charge >= 0.3 is 7.12 Å². The van der Waals surface area contributed by atoms with E-state index in [1.165, 1.54) is 5.47 Å². The first kappa shape index (κ1) is 14.6. The van der Waals surface area contributed by atoms with Crippen molar-refractivity contribution in [2.45, 2.75) is 64.4 Å². The van der Waals surface area contributed by atoms with Gasteiger partial charge in [0.05, 0.1) is 24.4 Å². The Labute approximate surface area is 121 Å².